The third-order valence-electron chi connectivity index (χ3n) is 3.33. The smallest absolute Gasteiger partial charge is 0.328 e. The number of aromatic nitrogens is 2. The van der Waals surface area contributed by atoms with Gasteiger partial charge in [0.2, 0.25) is 0 Å². The standard InChI is InChI=1S/C16H26F3N3O/c1-7-8-21(10-16(17,18)19)14(23)12-9-13(11(2)3)22(20-12)15(4,5)6/h9,11H,7-8,10H2,1-6H3. The van der Waals surface area contributed by atoms with E-state index in [2.05, 4.69) is 5.10 Å². The van der Waals surface area contributed by atoms with E-state index in [0.717, 1.165) is 10.6 Å². The van der Waals surface area contributed by atoms with Crippen LogP contribution in [0.15, 0.2) is 6.07 Å². The van der Waals surface area contributed by atoms with E-state index < -0.39 is 18.6 Å². The highest BCUT2D eigenvalue weighted by molar-refractivity contribution is 5.92. The first-order valence-electron chi connectivity index (χ1n) is 7.83. The second-order valence-electron chi connectivity index (χ2n) is 7.03. The molecule has 1 rings (SSSR count). The number of halogens is 3. The molecule has 0 saturated heterocycles. The Bertz CT molecular complexity index is 542. The molecule has 0 aromatic carbocycles. The summed E-state index contributed by atoms with van der Waals surface area (Å²) in [6, 6.07) is 1.61. The lowest BCUT2D eigenvalue weighted by atomic mass is 10.1. The first-order chi connectivity index (χ1) is 10.4. The van der Waals surface area contributed by atoms with Crippen LogP contribution >= 0.6 is 0 Å². The molecule has 132 valence electrons. The Hall–Kier alpha value is -1.53. The second-order valence-corrected chi connectivity index (χ2v) is 7.03. The minimum Gasteiger partial charge on any atom is -0.328 e. The summed E-state index contributed by atoms with van der Waals surface area (Å²) in [7, 11) is 0. The van der Waals surface area contributed by atoms with E-state index in [4.69, 9.17) is 0 Å². The Balaban J connectivity index is 3.20. The van der Waals surface area contributed by atoms with E-state index in [-0.39, 0.29) is 23.7 Å². The van der Waals surface area contributed by atoms with Crippen LogP contribution < -0.4 is 0 Å². The van der Waals surface area contributed by atoms with Crippen molar-refractivity contribution in [3.63, 3.8) is 0 Å². The van der Waals surface area contributed by atoms with Crippen molar-refractivity contribution in [1.82, 2.24) is 14.7 Å². The molecule has 1 heterocycles. The molecule has 23 heavy (non-hydrogen) atoms. The van der Waals surface area contributed by atoms with Gasteiger partial charge in [-0.05, 0) is 39.2 Å². The molecular weight excluding hydrogens is 307 g/mol. The van der Waals surface area contributed by atoms with E-state index in [9.17, 15) is 18.0 Å². The number of rotatable bonds is 5. The third kappa shape index (κ3) is 5.25. The molecule has 0 aliphatic heterocycles. The summed E-state index contributed by atoms with van der Waals surface area (Å²) in [6.45, 7) is 10.3. The van der Waals surface area contributed by atoms with Crippen LogP contribution in [-0.2, 0) is 5.54 Å². The molecule has 0 saturated carbocycles. The van der Waals surface area contributed by atoms with Gasteiger partial charge in [0.1, 0.15) is 6.54 Å². The molecule has 1 aromatic heterocycles. The van der Waals surface area contributed by atoms with Gasteiger partial charge in [-0.25, -0.2) is 0 Å². The van der Waals surface area contributed by atoms with Gasteiger partial charge >= 0.3 is 6.18 Å². The molecular formula is C16H26F3N3O. The van der Waals surface area contributed by atoms with E-state index in [1.165, 1.54) is 0 Å². The van der Waals surface area contributed by atoms with Crippen molar-refractivity contribution in [3.8, 4) is 0 Å². The van der Waals surface area contributed by atoms with Crippen molar-refractivity contribution >= 4 is 5.91 Å². The number of amides is 1. The van der Waals surface area contributed by atoms with Gasteiger partial charge in [-0.2, -0.15) is 18.3 Å². The zero-order valence-electron chi connectivity index (χ0n) is 14.7. The monoisotopic (exact) mass is 333 g/mol. The molecule has 1 amide bonds. The van der Waals surface area contributed by atoms with Crippen molar-refractivity contribution in [2.75, 3.05) is 13.1 Å². The summed E-state index contributed by atoms with van der Waals surface area (Å²) in [6.07, 6.45) is -3.96. The number of alkyl halides is 3. The highest BCUT2D eigenvalue weighted by Crippen LogP contribution is 2.25. The number of carbonyl (C=O) groups is 1. The fraction of sp³-hybridized carbons (Fsp3) is 0.750. The normalized spacial score (nSPS) is 12.8. The van der Waals surface area contributed by atoms with Crippen LogP contribution in [-0.4, -0.2) is 39.9 Å². The maximum atomic E-state index is 12.7. The molecule has 0 radical (unpaired) electrons. The molecule has 0 N–H and O–H groups in total. The SMILES string of the molecule is CCCN(CC(F)(F)F)C(=O)c1cc(C(C)C)n(C(C)(C)C)n1. The van der Waals surface area contributed by atoms with Crippen molar-refractivity contribution in [2.24, 2.45) is 0 Å². The van der Waals surface area contributed by atoms with Gasteiger partial charge < -0.3 is 4.90 Å². The fourth-order valence-electron chi connectivity index (χ4n) is 2.35. The van der Waals surface area contributed by atoms with Gasteiger partial charge in [-0.1, -0.05) is 20.8 Å². The highest BCUT2D eigenvalue weighted by Gasteiger charge is 2.34. The second kappa shape index (κ2) is 6.93. The molecule has 0 spiro atoms. The van der Waals surface area contributed by atoms with Crippen LogP contribution in [0.1, 0.15) is 70.1 Å². The first kappa shape index (κ1) is 19.5. The molecule has 7 heteroatoms. The van der Waals surface area contributed by atoms with Crippen molar-refractivity contribution in [1.29, 1.82) is 0 Å². The van der Waals surface area contributed by atoms with Crippen molar-refractivity contribution in [3.05, 3.63) is 17.5 Å². The van der Waals surface area contributed by atoms with Gasteiger partial charge in [-0.15, -0.1) is 0 Å². The predicted molar refractivity (Wildman–Crippen MR) is 83.6 cm³/mol. The Kier molecular flexibility index (Phi) is 5.88. The minimum absolute atomic E-state index is 0.0533. The van der Waals surface area contributed by atoms with Crippen LogP contribution in [0.3, 0.4) is 0 Å². The van der Waals surface area contributed by atoms with Crippen LogP contribution in [0.2, 0.25) is 0 Å². The maximum Gasteiger partial charge on any atom is 0.406 e. The fourth-order valence-corrected chi connectivity index (χ4v) is 2.35. The van der Waals surface area contributed by atoms with Crippen molar-refractivity contribution in [2.45, 2.75) is 65.6 Å². The summed E-state index contributed by atoms with van der Waals surface area (Å²) in [5.74, 6) is -0.556. The average molecular weight is 333 g/mol. The zero-order valence-corrected chi connectivity index (χ0v) is 14.7. The minimum atomic E-state index is -4.42. The molecule has 0 unspecified atom stereocenters. The Morgan fingerprint density at radius 2 is 1.87 bits per heavy atom. The topological polar surface area (TPSA) is 38.1 Å². The van der Waals surface area contributed by atoms with Gasteiger partial charge in [-0.3, -0.25) is 9.48 Å². The Labute approximate surface area is 135 Å². The third-order valence-corrected chi connectivity index (χ3v) is 3.33. The predicted octanol–water partition coefficient (Wildman–Crippen LogP) is 4.18. The van der Waals surface area contributed by atoms with Crippen LogP contribution in [0, 0.1) is 0 Å². The summed E-state index contributed by atoms with van der Waals surface area (Å²) in [5, 5.41) is 4.29. The maximum absolute atomic E-state index is 12.7. The average Bonchev–Trinajstić information content (AvgIpc) is 2.80. The molecule has 1 aromatic rings. The van der Waals surface area contributed by atoms with Gasteiger partial charge in [0, 0.05) is 12.2 Å². The number of carbonyl (C=O) groups excluding carboxylic acids is 1. The lowest BCUT2D eigenvalue weighted by Gasteiger charge is -2.24. The Morgan fingerprint density at radius 1 is 1.30 bits per heavy atom. The molecule has 0 atom stereocenters. The lowest BCUT2D eigenvalue weighted by molar-refractivity contribution is -0.140. The van der Waals surface area contributed by atoms with Crippen LogP contribution in [0.25, 0.3) is 0 Å². The molecule has 4 nitrogen and oxygen atoms in total. The van der Waals surface area contributed by atoms with E-state index in [1.807, 2.05) is 34.6 Å². The van der Waals surface area contributed by atoms with Gasteiger partial charge in [0.15, 0.2) is 5.69 Å². The van der Waals surface area contributed by atoms with Crippen LogP contribution in [0.4, 0.5) is 13.2 Å². The summed E-state index contributed by atoms with van der Waals surface area (Å²) in [4.78, 5) is 13.3. The zero-order chi connectivity index (χ0) is 18.0. The highest BCUT2D eigenvalue weighted by atomic mass is 19.4. The Morgan fingerprint density at radius 3 is 2.22 bits per heavy atom. The molecule has 0 fully saturated rings. The van der Waals surface area contributed by atoms with Crippen LogP contribution in [0.5, 0.6) is 0 Å². The molecule has 0 aliphatic rings. The summed E-state index contributed by atoms with van der Waals surface area (Å²) < 4.78 is 39.8. The first-order valence-corrected chi connectivity index (χ1v) is 7.83. The van der Waals surface area contributed by atoms with Crippen molar-refractivity contribution < 1.29 is 18.0 Å². The van der Waals surface area contributed by atoms with Gasteiger partial charge in [0.05, 0.1) is 5.54 Å². The number of hydrogen-bond acceptors (Lipinski definition) is 2. The van der Waals surface area contributed by atoms with E-state index in [1.54, 1.807) is 17.7 Å². The summed E-state index contributed by atoms with van der Waals surface area (Å²) >= 11 is 0. The lowest BCUT2D eigenvalue weighted by Crippen LogP contribution is -2.39. The molecule has 0 aliphatic carbocycles. The summed E-state index contributed by atoms with van der Waals surface area (Å²) in [5.41, 5.74) is 0.559. The van der Waals surface area contributed by atoms with Gasteiger partial charge in [0.25, 0.3) is 5.91 Å². The van der Waals surface area contributed by atoms with E-state index >= 15 is 0 Å². The quantitative estimate of drug-likeness (QED) is 0.811. The molecule has 0 bridgehead atoms. The largest absolute Gasteiger partial charge is 0.406 e. The number of nitrogens with zero attached hydrogens (tertiary/aromatic N) is 3. The number of hydrogen-bond donors (Lipinski definition) is 0. The van der Waals surface area contributed by atoms with E-state index in [0.29, 0.717) is 6.42 Å².